The smallest absolute Gasteiger partial charge is 0.338 e. The Labute approximate surface area is 167 Å². The Balaban J connectivity index is 1.42. The average molecular weight is 376 g/mol. The second kappa shape index (κ2) is 10.6. The fourth-order valence-corrected chi connectivity index (χ4v) is 3.51. The van der Waals surface area contributed by atoms with E-state index in [-0.39, 0.29) is 5.97 Å². The summed E-state index contributed by atoms with van der Waals surface area (Å²) in [6, 6.07) is 22.3. The van der Waals surface area contributed by atoms with Gasteiger partial charge in [-0.2, -0.15) is 0 Å². The van der Waals surface area contributed by atoms with Crippen LogP contribution in [0.25, 0.3) is 11.1 Å². The monoisotopic (exact) mass is 376 g/mol. The molecule has 0 aromatic heterocycles. The summed E-state index contributed by atoms with van der Waals surface area (Å²) in [4.78, 5) is 12.1. The van der Waals surface area contributed by atoms with Crippen molar-refractivity contribution < 1.29 is 14.3 Å². The molecule has 0 atom stereocenters. The quantitative estimate of drug-likeness (QED) is 0.326. The van der Waals surface area contributed by atoms with Crippen molar-refractivity contribution >= 4 is 5.97 Å². The maximum Gasteiger partial charge on any atom is 0.338 e. The summed E-state index contributed by atoms with van der Waals surface area (Å²) < 4.78 is 10.7. The molecule has 1 aromatic rings. The summed E-state index contributed by atoms with van der Waals surface area (Å²) in [7, 11) is 1.43. The van der Waals surface area contributed by atoms with Crippen molar-refractivity contribution in [3.63, 3.8) is 0 Å². The van der Waals surface area contributed by atoms with Gasteiger partial charge in [0.2, 0.25) is 0 Å². The second-order valence-corrected chi connectivity index (χ2v) is 7.02. The molecule has 1 aromatic carbocycles. The molecule has 0 heterocycles. The van der Waals surface area contributed by atoms with Crippen LogP contribution in [-0.4, -0.2) is 19.7 Å². The van der Waals surface area contributed by atoms with Crippen LogP contribution in [0, 0.1) is 0 Å². The summed E-state index contributed by atoms with van der Waals surface area (Å²) in [6.07, 6.45) is 5.48. The second-order valence-electron chi connectivity index (χ2n) is 7.02. The van der Waals surface area contributed by atoms with Gasteiger partial charge in [0.15, 0.2) is 0 Å². The summed E-state index contributed by atoms with van der Waals surface area (Å²) in [6.45, 7) is 1.49. The van der Waals surface area contributed by atoms with Crippen molar-refractivity contribution in [1.82, 2.24) is 0 Å². The van der Waals surface area contributed by atoms with Crippen molar-refractivity contribution in [3.05, 3.63) is 83.4 Å². The van der Waals surface area contributed by atoms with Gasteiger partial charge in [0.05, 0.1) is 19.3 Å². The number of ether oxygens (including phenoxy) is 2. The normalized spacial score (nSPS) is 10.9. The molecule has 0 amide bonds. The van der Waals surface area contributed by atoms with Crippen LogP contribution in [0.2, 0.25) is 0 Å². The first-order valence-corrected chi connectivity index (χ1v) is 10.00. The highest BCUT2D eigenvalue weighted by atomic mass is 16.5. The summed E-state index contributed by atoms with van der Waals surface area (Å²) >= 11 is 0. The van der Waals surface area contributed by atoms with E-state index in [1.807, 2.05) is 48.5 Å². The van der Waals surface area contributed by atoms with Gasteiger partial charge in [-0.1, -0.05) is 73.5 Å². The minimum atomic E-state index is -0.266. The van der Waals surface area contributed by atoms with Crippen molar-refractivity contribution in [3.8, 4) is 11.1 Å². The predicted molar refractivity (Wildman–Crippen MR) is 113 cm³/mol. The third kappa shape index (κ3) is 5.43. The SMILES string of the molecule is COC(=O)c1cc(CCCCCCOCc2ccccc2)c2cccccc1-2. The summed E-state index contributed by atoms with van der Waals surface area (Å²) in [5.74, 6) is -0.266. The molecule has 28 heavy (non-hydrogen) atoms. The fraction of sp³-hybridized carbons (Fsp3) is 0.320. The van der Waals surface area contributed by atoms with Gasteiger partial charge in [-0.05, 0) is 47.6 Å². The van der Waals surface area contributed by atoms with E-state index in [1.54, 1.807) is 0 Å². The molecule has 3 heteroatoms. The first-order valence-electron chi connectivity index (χ1n) is 10.00. The van der Waals surface area contributed by atoms with Gasteiger partial charge in [0, 0.05) is 6.61 Å². The highest BCUT2D eigenvalue weighted by Crippen LogP contribution is 2.33. The molecule has 0 aliphatic heterocycles. The Morgan fingerprint density at radius 2 is 1.50 bits per heavy atom. The number of unbranched alkanes of at least 4 members (excludes halogenated alkanes) is 3. The molecule has 0 saturated heterocycles. The van der Waals surface area contributed by atoms with Crippen molar-refractivity contribution in [2.45, 2.75) is 38.7 Å². The number of carbonyl (C=O) groups excluding carboxylic acids is 1. The van der Waals surface area contributed by atoms with Gasteiger partial charge in [-0.3, -0.25) is 0 Å². The van der Waals surface area contributed by atoms with Crippen LogP contribution in [0.5, 0.6) is 0 Å². The molecule has 0 radical (unpaired) electrons. The minimum Gasteiger partial charge on any atom is -0.465 e. The van der Waals surface area contributed by atoms with Gasteiger partial charge in [0.1, 0.15) is 0 Å². The Kier molecular flexibility index (Phi) is 7.62. The Bertz CT molecular complexity index is 842. The Morgan fingerprint density at radius 3 is 2.25 bits per heavy atom. The third-order valence-corrected chi connectivity index (χ3v) is 4.99. The van der Waals surface area contributed by atoms with Crippen LogP contribution in [0.3, 0.4) is 0 Å². The van der Waals surface area contributed by atoms with E-state index in [9.17, 15) is 4.79 Å². The van der Waals surface area contributed by atoms with E-state index < -0.39 is 0 Å². The number of carbonyl (C=O) groups is 1. The molecule has 3 rings (SSSR count). The molecule has 0 saturated carbocycles. The molecule has 2 aliphatic carbocycles. The molecule has 0 bridgehead atoms. The molecular formula is C25H28O3. The lowest BCUT2D eigenvalue weighted by atomic mass is 10.0. The Morgan fingerprint density at radius 1 is 0.821 bits per heavy atom. The molecule has 0 N–H and O–H groups in total. The summed E-state index contributed by atoms with van der Waals surface area (Å²) in [5, 5.41) is 0. The number of aryl methyl sites for hydroxylation is 1. The molecule has 0 spiro atoms. The zero-order valence-corrected chi connectivity index (χ0v) is 16.5. The van der Waals surface area contributed by atoms with E-state index in [0.29, 0.717) is 12.2 Å². The molecule has 0 unspecified atom stereocenters. The number of hydrogen-bond acceptors (Lipinski definition) is 3. The molecule has 2 aliphatic rings. The van der Waals surface area contributed by atoms with Crippen LogP contribution in [0.4, 0.5) is 0 Å². The topological polar surface area (TPSA) is 35.5 Å². The maximum absolute atomic E-state index is 12.1. The van der Waals surface area contributed by atoms with Crippen LogP contribution < -0.4 is 0 Å². The van der Waals surface area contributed by atoms with Crippen molar-refractivity contribution in [2.75, 3.05) is 13.7 Å². The lowest BCUT2D eigenvalue weighted by Gasteiger charge is -2.05. The predicted octanol–water partition coefficient (Wildman–Crippen LogP) is 5.90. The van der Waals surface area contributed by atoms with E-state index in [1.165, 1.54) is 18.2 Å². The van der Waals surface area contributed by atoms with Gasteiger partial charge >= 0.3 is 5.97 Å². The lowest BCUT2D eigenvalue weighted by molar-refractivity contribution is 0.0602. The van der Waals surface area contributed by atoms with Gasteiger partial charge in [-0.15, -0.1) is 0 Å². The number of fused-ring (bicyclic) bond motifs is 1. The van der Waals surface area contributed by atoms with Gasteiger partial charge < -0.3 is 9.47 Å². The molecule has 3 nitrogen and oxygen atoms in total. The van der Waals surface area contributed by atoms with Crippen LogP contribution in [0.1, 0.15) is 47.2 Å². The number of rotatable bonds is 10. The number of benzene rings is 1. The first-order chi connectivity index (χ1) is 13.8. The Hall–Kier alpha value is -2.65. The number of esters is 1. The minimum absolute atomic E-state index is 0.266. The van der Waals surface area contributed by atoms with E-state index in [4.69, 9.17) is 9.47 Å². The van der Waals surface area contributed by atoms with Crippen molar-refractivity contribution in [1.29, 1.82) is 0 Å². The summed E-state index contributed by atoms with van der Waals surface area (Å²) in [5.41, 5.74) is 5.24. The maximum atomic E-state index is 12.1. The van der Waals surface area contributed by atoms with Gasteiger partial charge in [-0.25, -0.2) is 4.79 Å². The lowest BCUT2D eigenvalue weighted by Crippen LogP contribution is -1.99. The van der Waals surface area contributed by atoms with Crippen LogP contribution in [-0.2, 0) is 22.5 Å². The first kappa shape index (κ1) is 20.1. The van der Waals surface area contributed by atoms with Crippen molar-refractivity contribution in [2.24, 2.45) is 0 Å². The van der Waals surface area contributed by atoms with Gasteiger partial charge in [0.25, 0.3) is 0 Å². The fourth-order valence-electron chi connectivity index (χ4n) is 3.51. The zero-order chi connectivity index (χ0) is 19.6. The highest BCUT2D eigenvalue weighted by Gasteiger charge is 2.19. The average Bonchev–Trinajstić information content (AvgIpc) is 2.90. The standard InChI is InChI=1S/C25H28O3/c1-27-25(26)24-18-21(22-15-9-5-10-16-23(22)24)14-8-2-3-11-17-28-19-20-12-6-4-7-13-20/h4-7,9-10,12-13,15-16,18H,2-3,8,11,14,17,19H2,1H3. The molecular weight excluding hydrogens is 348 g/mol. The largest absolute Gasteiger partial charge is 0.465 e. The number of hydrogen-bond donors (Lipinski definition) is 0. The highest BCUT2D eigenvalue weighted by molar-refractivity contribution is 6.00. The molecule has 0 fully saturated rings. The molecule has 146 valence electrons. The van der Waals surface area contributed by atoms with Crippen LogP contribution >= 0.6 is 0 Å². The van der Waals surface area contributed by atoms with E-state index in [0.717, 1.165) is 49.8 Å². The number of methoxy groups -OCH3 is 1. The zero-order valence-electron chi connectivity index (χ0n) is 16.5. The van der Waals surface area contributed by atoms with Crippen LogP contribution in [0.15, 0.2) is 66.7 Å². The third-order valence-electron chi connectivity index (χ3n) is 4.99. The van der Waals surface area contributed by atoms with E-state index >= 15 is 0 Å². The van der Waals surface area contributed by atoms with E-state index in [2.05, 4.69) is 18.2 Å².